The van der Waals surface area contributed by atoms with Gasteiger partial charge in [0.2, 0.25) is 15.9 Å². The van der Waals surface area contributed by atoms with Crippen molar-refractivity contribution in [2.45, 2.75) is 30.6 Å². The maximum Gasteiger partial charge on any atom is 0.314 e. The highest BCUT2D eigenvalue weighted by molar-refractivity contribution is 7.89. The molecular formula is C16H20N4O5S. The SMILES string of the molecule is O=C(NCCNS(=O)(=O)c1ccc2[nH]c(=O)c(=O)[nH]c2c1)C1CCCC1. The topological polar surface area (TPSA) is 141 Å². The van der Waals surface area contributed by atoms with E-state index in [2.05, 4.69) is 20.0 Å². The molecule has 1 aromatic carbocycles. The maximum atomic E-state index is 12.3. The summed E-state index contributed by atoms with van der Waals surface area (Å²) in [4.78, 5) is 39.2. The van der Waals surface area contributed by atoms with E-state index < -0.39 is 21.1 Å². The smallest absolute Gasteiger partial charge is 0.314 e. The summed E-state index contributed by atoms with van der Waals surface area (Å²) in [5.74, 6) is 0.00000689. The van der Waals surface area contributed by atoms with Gasteiger partial charge in [0, 0.05) is 19.0 Å². The molecule has 4 N–H and O–H groups in total. The Bertz CT molecular complexity index is 1030. The van der Waals surface area contributed by atoms with Gasteiger partial charge in [-0.2, -0.15) is 0 Å². The van der Waals surface area contributed by atoms with Gasteiger partial charge in [-0.15, -0.1) is 0 Å². The summed E-state index contributed by atoms with van der Waals surface area (Å²) in [5, 5.41) is 2.74. The fourth-order valence-corrected chi connectivity index (χ4v) is 4.11. The van der Waals surface area contributed by atoms with Gasteiger partial charge in [-0.3, -0.25) is 14.4 Å². The minimum Gasteiger partial charge on any atom is -0.355 e. The molecule has 0 radical (unpaired) electrons. The predicted molar refractivity (Wildman–Crippen MR) is 95.3 cm³/mol. The normalized spacial score (nSPS) is 15.4. The van der Waals surface area contributed by atoms with E-state index in [1.807, 2.05) is 0 Å². The summed E-state index contributed by atoms with van der Waals surface area (Å²) in [7, 11) is -3.81. The number of nitrogens with one attached hydrogen (secondary N) is 4. The largest absolute Gasteiger partial charge is 0.355 e. The molecule has 1 amide bonds. The van der Waals surface area contributed by atoms with Crippen LogP contribution in [0.1, 0.15) is 25.7 Å². The Labute approximate surface area is 149 Å². The lowest BCUT2D eigenvalue weighted by atomic mass is 10.1. The van der Waals surface area contributed by atoms with E-state index >= 15 is 0 Å². The minimum atomic E-state index is -3.81. The van der Waals surface area contributed by atoms with Crippen LogP contribution in [0.3, 0.4) is 0 Å². The van der Waals surface area contributed by atoms with Gasteiger partial charge in [-0.1, -0.05) is 12.8 Å². The van der Waals surface area contributed by atoms with Gasteiger partial charge in [0.05, 0.1) is 15.9 Å². The number of rotatable bonds is 6. The summed E-state index contributed by atoms with van der Waals surface area (Å²) in [6.07, 6.45) is 3.88. The molecule has 1 fully saturated rings. The molecule has 1 saturated carbocycles. The Kier molecular flexibility index (Phi) is 5.23. The van der Waals surface area contributed by atoms with Crippen LogP contribution < -0.4 is 21.2 Å². The third kappa shape index (κ3) is 4.02. The maximum absolute atomic E-state index is 12.3. The second-order valence-electron chi connectivity index (χ2n) is 6.29. The van der Waals surface area contributed by atoms with Crippen molar-refractivity contribution >= 4 is 27.0 Å². The minimum absolute atomic E-state index is 0.0334. The third-order valence-electron chi connectivity index (χ3n) is 4.45. The lowest BCUT2D eigenvalue weighted by molar-refractivity contribution is -0.124. The molecule has 10 heteroatoms. The molecule has 0 aliphatic heterocycles. The molecule has 0 spiro atoms. The Hall–Kier alpha value is -2.46. The van der Waals surface area contributed by atoms with Crippen molar-refractivity contribution < 1.29 is 13.2 Å². The van der Waals surface area contributed by atoms with Gasteiger partial charge in [0.1, 0.15) is 0 Å². The van der Waals surface area contributed by atoms with Crippen molar-refractivity contribution in [1.29, 1.82) is 0 Å². The standard InChI is InChI=1S/C16H20N4O5S/c21-14(10-3-1-2-4-10)17-7-8-18-26(24,25)11-5-6-12-13(9-11)20-16(23)15(22)19-12/h5-6,9-10,18H,1-4,7-8H2,(H,17,21)(H,19,22)(H,20,23). The van der Waals surface area contributed by atoms with Crippen molar-refractivity contribution in [3.63, 3.8) is 0 Å². The van der Waals surface area contributed by atoms with Crippen LogP contribution in [-0.2, 0) is 14.8 Å². The molecule has 3 rings (SSSR count). The first-order valence-electron chi connectivity index (χ1n) is 8.40. The number of benzene rings is 1. The highest BCUT2D eigenvalue weighted by Gasteiger charge is 2.22. The fourth-order valence-electron chi connectivity index (χ4n) is 3.05. The Morgan fingerprint density at radius 2 is 1.69 bits per heavy atom. The molecular weight excluding hydrogens is 360 g/mol. The second kappa shape index (κ2) is 7.42. The Morgan fingerprint density at radius 1 is 1.04 bits per heavy atom. The Balaban J connectivity index is 1.63. The van der Waals surface area contributed by atoms with Gasteiger partial charge in [0.15, 0.2) is 0 Å². The lowest BCUT2D eigenvalue weighted by Gasteiger charge is -2.11. The van der Waals surface area contributed by atoms with Crippen LogP contribution in [0.15, 0.2) is 32.7 Å². The van der Waals surface area contributed by atoms with E-state index in [0.29, 0.717) is 5.52 Å². The van der Waals surface area contributed by atoms with Crippen molar-refractivity contribution in [3.8, 4) is 0 Å². The van der Waals surface area contributed by atoms with E-state index in [1.54, 1.807) is 0 Å². The predicted octanol–water partition coefficient (Wildman–Crippen LogP) is -0.199. The first-order valence-corrected chi connectivity index (χ1v) is 9.89. The quantitative estimate of drug-likeness (QED) is 0.406. The van der Waals surface area contributed by atoms with Crippen LogP contribution in [0, 0.1) is 5.92 Å². The van der Waals surface area contributed by atoms with Gasteiger partial charge >= 0.3 is 11.1 Å². The fraction of sp³-hybridized carbons (Fsp3) is 0.438. The average molecular weight is 380 g/mol. The Morgan fingerprint density at radius 3 is 2.38 bits per heavy atom. The molecule has 0 unspecified atom stereocenters. The van der Waals surface area contributed by atoms with Gasteiger partial charge in [-0.05, 0) is 31.0 Å². The van der Waals surface area contributed by atoms with Gasteiger partial charge in [-0.25, -0.2) is 13.1 Å². The lowest BCUT2D eigenvalue weighted by Crippen LogP contribution is -2.37. The number of aromatic nitrogens is 2. The van der Waals surface area contributed by atoms with E-state index in [0.717, 1.165) is 25.7 Å². The number of sulfonamides is 1. The molecule has 1 aliphatic carbocycles. The number of aromatic amines is 2. The number of fused-ring (bicyclic) bond motifs is 1. The summed E-state index contributed by atoms with van der Waals surface area (Å²) in [5.41, 5.74) is -1.11. The zero-order valence-electron chi connectivity index (χ0n) is 14.0. The summed E-state index contributed by atoms with van der Waals surface area (Å²) in [6, 6.07) is 4.01. The van der Waals surface area contributed by atoms with E-state index in [9.17, 15) is 22.8 Å². The van der Waals surface area contributed by atoms with Crippen LogP contribution in [0.5, 0.6) is 0 Å². The molecule has 140 valence electrons. The van der Waals surface area contributed by atoms with Crippen LogP contribution in [0.2, 0.25) is 0 Å². The summed E-state index contributed by atoms with van der Waals surface area (Å²) in [6.45, 7) is 0.257. The third-order valence-corrected chi connectivity index (χ3v) is 5.90. The average Bonchev–Trinajstić information content (AvgIpc) is 3.14. The number of H-pyrrole nitrogens is 2. The zero-order valence-corrected chi connectivity index (χ0v) is 14.8. The van der Waals surface area contributed by atoms with Crippen LogP contribution in [0.4, 0.5) is 0 Å². The van der Waals surface area contributed by atoms with Crippen molar-refractivity contribution in [1.82, 2.24) is 20.0 Å². The van der Waals surface area contributed by atoms with Crippen molar-refractivity contribution in [3.05, 3.63) is 38.9 Å². The summed E-state index contributed by atoms with van der Waals surface area (Å²) >= 11 is 0. The van der Waals surface area contributed by atoms with Gasteiger partial charge in [0.25, 0.3) is 0 Å². The number of amides is 1. The molecule has 0 saturated heterocycles. The highest BCUT2D eigenvalue weighted by Crippen LogP contribution is 2.24. The molecule has 1 aliphatic rings. The van der Waals surface area contributed by atoms with Crippen molar-refractivity contribution in [2.24, 2.45) is 5.92 Å². The first kappa shape index (κ1) is 18.3. The molecule has 1 aromatic heterocycles. The highest BCUT2D eigenvalue weighted by atomic mass is 32.2. The van der Waals surface area contributed by atoms with Crippen LogP contribution in [0.25, 0.3) is 11.0 Å². The summed E-state index contributed by atoms with van der Waals surface area (Å²) < 4.78 is 27.1. The van der Waals surface area contributed by atoms with Gasteiger partial charge < -0.3 is 15.3 Å². The second-order valence-corrected chi connectivity index (χ2v) is 8.05. The monoisotopic (exact) mass is 380 g/mol. The van der Waals surface area contributed by atoms with Crippen molar-refractivity contribution in [2.75, 3.05) is 13.1 Å². The molecule has 0 atom stereocenters. The number of hydrogen-bond donors (Lipinski definition) is 4. The molecule has 2 aromatic rings. The van der Waals surface area contributed by atoms with E-state index in [-0.39, 0.29) is 35.3 Å². The molecule has 1 heterocycles. The number of carbonyl (C=O) groups is 1. The van der Waals surface area contributed by atoms with Crippen LogP contribution in [-0.4, -0.2) is 37.4 Å². The molecule has 9 nitrogen and oxygen atoms in total. The zero-order chi connectivity index (χ0) is 18.7. The molecule has 0 bridgehead atoms. The van der Waals surface area contributed by atoms with E-state index in [4.69, 9.17) is 0 Å². The number of carbonyl (C=O) groups excluding carboxylic acids is 1. The molecule has 26 heavy (non-hydrogen) atoms. The van der Waals surface area contributed by atoms with E-state index in [1.165, 1.54) is 18.2 Å². The van der Waals surface area contributed by atoms with Crippen LogP contribution >= 0.6 is 0 Å². The number of hydrogen-bond acceptors (Lipinski definition) is 5. The first-order chi connectivity index (χ1) is 12.4.